The number of anilines is 2. The van der Waals surface area contributed by atoms with Crippen LogP contribution in [0.1, 0.15) is 30.4 Å². The molecule has 154 valence electrons. The number of fused-ring (bicyclic) bond motifs is 3. The predicted octanol–water partition coefficient (Wildman–Crippen LogP) is 3.55. The summed E-state index contributed by atoms with van der Waals surface area (Å²) in [5, 5.41) is 13.0. The van der Waals surface area contributed by atoms with E-state index in [2.05, 4.69) is 11.4 Å². The molecule has 2 aromatic rings. The second-order valence-electron chi connectivity index (χ2n) is 8.04. The molecule has 1 unspecified atom stereocenters. The molecule has 31 heavy (non-hydrogen) atoms. The summed E-state index contributed by atoms with van der Waals surface area (Å²) < 4.78 is 14.0. The van der Waals surface area contributed by atoms with Crippen LogP contribution in [0, 0.1) is 24.1 Å². The molecule has 2 aromatic carbocycles. The highest BCUT2D eigenvalue weighted by Gasteiger charge is 2.60. The van der Waals surface area contributed by atoms with Crippen molar-refractivity contribution in [3.8, 4) is 6.07 Å². The number of hydrogen-bond acceptors (Lipinski definition) is 5. The molecular weight excluding hydrogens is 395 g/mol. The van der Waals surface area contributed by atoms with E-state index in [1.807, 2.05) is 19.1 Å². The normalized spacial score (nSPS) is 22.4. The molecule has 3 N–H and O–H groups in total. The number of rotatable bonds is 1. The van der Waals surface area contributed by atoms with Crippen molar-refractivity contribution < 1.29 is 14.0 Å². The molecule has 0 aromatic heterocycles. The number of amides is 1. The Bertz CT molecular complexity index is 1290. The van der Waals surface area contributed by atoms with Crippen LogP contribution in [0.4, 0.5) is 15.8 Å². The van der Waals surface area contributed by atoms with E-state index in [0.717, 1.165) is 5.56 Å². The number of nitrogens with one attached hydrogen (secondary N) is 1. The first-order valence-corrected chi connectivity index (χ1v) is 10.0. The molecule has 5 rings (SSSR count). The van der Waals surface area contributed by atoms with Gasteiger partial charge in [0.15, 0.2) is 5.78 Å². The number of Topliss-reactive ketones (excluding diaryl/α,β-unsaturated/α-hetero) is 1. The molecule has 2 aliphatic heterocycles. The summed E-state index contributed by atoms with van der Waals surface area (Å²) in [4.78, 5) is 28.4. The van der Waals surface area contributed by atoms with E-state index in [-0.39, 0.29) is 29.2 Å². The Labute approximate surface area is 178 Å². The van der Waals surface area contributed by atoms with E-state index < -0.39 is 17.1 Å². The van der Waals surface area contributed by atoms with E-state index in [9.17, 15) is 19.2 Å². The number of aryl methyl sites for hydroxylation is 1. The van der Waals surface area contributed by atoms with E-state index in [4.69, 9.17) is 5.73 Å². The smallest absolute Gasteiger partial charge is 0.245 e. The number of carbonyl (C=O) groups excluding carboxylic acids is 2. The van der Waals surface area contributed by atoms with Crippen LogP contribution in [0.25, 0.3) is 0 Å². The molecule has 0 fully saturated rings. The van der Waals surface area contributed by atoms with E-state index in [1.54, 1.807) is 23.1 Å². The second-order valence-corrected chi connectivity index (χ2v) is 8.04. The molecule has 0 saturated heterocycles. The number of nitrogens with zero attached hydrogens (tertiary/aromatic N) is 2. The van der Waals surface area contributed by atoms with Crippen molar-refractivity contribution in [1.29, 1.82) is 5.26 Å². The van der Waals surface area contributed by atoms with Crippen LogP contribution < -0.4 is 16.0 Å². The average Bonchev–Trinajstić information content (AvgIpc) is 3.00. The zero-order valence-corrected chi connectivity index (χ0v) is 16.8. The first kappa shape index (κ1) is 19.1. The van der Waals surface area contributed by atoms with Gasteiger partial charge in [-0.1, -0.05) is 23.8 Å². The van der Waals surface area contributed by atoms with Gasteiger partial charge in [-0.2, -0.15) is 5.26 Å². The third-order valence-electron chi connectivity index (χ3n) is 6.25. The Morgan fingerprint density at radius 3 is 2.74 bits per heavy atom. The summed E-state index contributed by atoms with van der Waals surface area (Å²) in [5.41, 5.74) is 8.11. The van der Waals surface area contributed by atoms with Gasteiger partial charge in [0.2, 0.25) is 5.91 Å². The lowest BCUT2D eigenvalue weighted by Gasteiger charge is -2.43. The highest BCUT2D eigenvalue weighted by Crippen LogP contribution is 2.55. The minimum absolute atomic E-state index is 0.0207. The molecule has 1 amide bonds. The van der Waals surface area contributed by atoms with Crippen molar-refractivity contribution in [3.05, 3.63) is 82.1 Å². The van der Waals surface area contributed by atoms with Crippen LogP contribution in [-0.2, 0) is 15.0 Å². The molecule has 1 aliphatic carbocycles. The minimum Gasteiger partial charge on any atom is -0.384 e. The third-order valence-corrected chi connectivity index (χ3v) is 6.25. The molecule has 1 atom stereocenters. The average molecular weight is 414 g/mol. The fourth-order valence-electron chi connectivity index (χ4n) is 5.01. The number of nitrogens with two attached hydrogens (primary N) is 1. The SMILES string of the molecule is Cc1ccc2c(c1)C1(C(=O)N2)C(C#N)=C(N)N(c2cccc(F)c2)C2=C1C(=O)CCC2. The van der Waals surface area contributed by atoms with Gasteiger partial charge in [0.05, 0.1) is 11.3 Å². The number of carbonyl (C=O) groups is 2. The summed E-state index contributed by atoms with van der Waals surface area (Å²) in [6.07, 6.45) is 1.33. The Morgan fingerprint density at radius 2 is 2.00 bits per heavy atom. The number of benzene rings is 2. The second kappa shape index (κ2) is 6.54. The first-order valence-electron chi connectivity index (χ1n) is 10.0. The van der Waals surface area contributed by atoms with Crippen molar-refractivity contribution in [2.24, 2.45) is 5.73 Å². The van der Waals surface area contributed by atoms with E-state index in [0.29, 0.717) is 35.5 Å². The predicted molar refractivity (Wildman–Crippen MR) is 113 cm³/mol. The van der Waals surface area contributed by atoms with E-state index >= 15 is 0 Å². The standard InChI is InChI=1S/C24H19FN4O2/c1-13-8-9-18-16(10-13)24(23(31)28-18)17(12-26)22(27)29(15-5-2-4-14(25)11-15)19-6-3-7-20(30)21(19)24/h2,4-5,8-11H,3,6-7,27H2,1H3,(H,28,31). The molecular formula is C24H19FN4O2. The molecule has 2 heterocycles. The van der Waals surface area contributed by atoms with Crippen molar-refractivity contribution in [2.45, 2.75) is 31.6 Å². The summed E-state index contributed by atoms with van der Waals surface area (Å²) >= 11 is 0. The van der Waals surface area contributed by atoms with Gasteiger partial charge in [-0.3, -0.25) is 14.5 Å². The van der Waals surface area contributed by atoms with Crippen LogP contribution in [0.3, 0.4) is 0 Å². The third kappa shape index (κ3) is 2.42. The van der Waals surface area contributed by atoms with Crippen molar-refractivity contribution in [1.82, 2.24) is 0 Å². The maximum absolute atomic E-state index is 14.0. The molecule has 1 spiro atoms. The van der Waals surface area contributed by atoms with Crippen molar-refractivity contribution >= 4 is 23.1 Å². The summed E-state index contributed by atoms with van der Waals surface area (Å²) in [6.45, 7) is 1.88. The lowest BCUT2D eigenvalue weighted by atomic mass is 9.63. The van der Waals surface area contributed by atoms with Gasteiger partial charge in [-0.15, -0.1) is 0 Å². The Kier molecular flexibility index (Phi) is 4.02. The van der Waals surface area contributed by atoms with E-state index in [1.165, 1.54) is 12.1 Å². The number of nitriles is 1. The van der Waals surface area contributed by atoms with Gasteiger partial charge >= 0.3 is 0 Å². The molecule has 0 radical (unpaired) electrons. The fraction of sp³-hybridized carbons (Fsp3) is 0.208. The highest BCUT2D eigenvalue weighted by molar-refractivity contribution is 6.19. The quantitative estimate of drug-likeness (QED) is 0.744. The summed E-state index contributed by atoms with van der Waals surface area (Å²) in [7, 11) is 0. The first-order chi connectivity index (χ1) is 14.9. The van der Waals surface area contributed by atoms with Crippen LogP contribution >= 0.6 is 0 Å². The lowest BCUT2D eigenvalue weighted by Crippen LogP contribution is -2.50. The zero-order valence-electron chi connectivity index (χ0n) is 16.8. The van der Waals surface area contributed by atoms with Gasteiger partial charge in [-0.05, 0) is 44.0 Å². The Morgan fingerprint density at radius 1 is 1.19 bits per heavy atom. The molecule has 3 aliphatic rings. The zero-order chi connectivity index (χ0) is 21.9. The summed E-state index contributed by atoms with van der Waals surface area (Å²) in [5.74, 6) is -1.10. The van der Waals surface area contributed by atoms with Crippen LogP contribution in [0.5, 0.6) is 0 Å². The van der Waals surface area contributed by atoms with Crippen molar-refractivity contribution in [3.63, 3.8) is 0 Å². The number of allylic oxidation sites excluding steroid dienone is 1. The molecule has 7 heteroatoms. The van der Waals surface area contributed by atoms with Crippen LogP contribution in [0.2, 0.25) is 0 Å². The minimum atomic E-state index is -1.60. The Balaban J connectivity index is 1.90. The Hall–Kier alpha value is -3.92. The molecule has 0 bridgehead atoms. The molecule has 6 nitrogen and oxygen atoms in total. The molecule has 0 saturated carbocycles. The van der Waals surface area contributed by atoms with Gasteiger partial charge in [0.25, 0.3) is 0 Å². The van der Waals surface area contributed by atoms with Gasteiger partial charge in [0.1, 0.15) is 23.1 Å². The largest absolute Gasteiger partial charge is 0.384 e. The number of hydrogen-bond donors (Lipinski definition) is 2. The van der Waals surface area contributed by atoms with Crippen LogP contribution in [0.15, 0.2) is 65.1 Å². The van der Waals surface area contributed by atoms with Crippen molar-refractivity contribution in [2.75, 3.05) is 10.2 Å². The summed E-state index contributed by atoms with van der Waals surface area (Å²) in [6, 6.07) is 13.4. The van der Waals surface area contributed by atoms with Gasteiger partial charge in [-0.25, -0.2) is 4.39 Å². The topological polar surface area (TPSA) is 99.2 Å². The lowest BCUT2D eigenvalue weighted by molar-refractivity contribution is -0.122. The maximum atomic E-state index is 14.0. The monoisotopic (exact) mass is 414 g/mol. The number of halogens is 1. The number of ketones is 1. The maximum Gasteiger partial charge on any atom is 0.245 e. The fourth-order valence-corrected chi connectivity index (χ4v) is 5.01. The van der Waals surface area contributed by atoms with Crippen LogP contribution in [-0.4, -0.2) is 11.7 Å². The highest BCUT2D eigenvalue weighted by atomic mass is 19.1. The van der Waals surface area contributed by atoms with Gasteiger partial charge < -0.3 is 11.1 Å². The van der Waals surface area contributed by atoms with Gasteiger partial charge in [0, 0.05) is 28.9 Å².